The molecule has 1 N–H and O–H groups in total. The van der Waals surface area contributed by atoms with Crippen LogP contribution in [0.3, 0.4) is 0 Å². The van der Waals surface area contributed by atoms with Crippen LogP contribution in [0.15, 0.2) is 22.1 Å². The molecule has 1 aliphatic heterocycles. The highest BCUT2D eigenvalue weighted by Crippen LogP contribution is 2.39. The van der Waals surface area contributed by atoms with Crippen LogP contribution in [0.1, 0.15) is 68.3 Å². The van der Waals surface area contributed by atoms with E-state index in [1.807, 2.05) is 0 Å². The fraction of sp³-hybridized carbons (Fsp3) is 0.500. The van der Waals surface area contributed by atoms with Crippen molar-refractivity contribution < 1.29 is 28.4 Å². The zero-order valence-corrected chi connectivity index (χ0v) is 19.2. The van der Waals surface area contributed by atoms with Crippen molar-refractivity contribution in [3.8, 4) is 0 Å². The molecular weight excluding hydrogens is 442 g/mol. The first-order chi connectivity index (χ1) is 14.6. The van der Waals surface area contributed by atoms with E-state index < -0.39 is 39.1 Å². The smallest absolute Gasteiger partial charge is 0.340 e. The first-order valence-electron chi connectivity index (χ1n) is 10.4. The maximum absolute atomic E-state index is 13.3. The molecule has 7 nitrogen and oxygen atoms in total. The second kappa shape index (κ2) is 9.53. The van der Waals surface area contributed by atoms with E-state index >= 15 is 0 Å². The van der Waals surface area contributed by atoms with Gasteiger partial charge in [-0.15, -0.1) is 0 Å². The lowest BCUT2D eigenvalue weighted by Crippen LogP contribution is -2.20. The Kier molecular flexibility index (Phi) is 7.21. The summed E-state index contributed by atoms with van der Waals surface area (Å²) >= 11 is 6.54. The summed E-state index contributed by atoms with van der Waals surface area (Å²) < 4.78 is 22.9. The quantitative estimate of drug-likeness (QED) is 0.295. The third-order valence-electron chi connectivity index (χ3n) is 5.22. The van der Waals surface area contributed by atoms with E-state index in [0.717, 1.165) is 19.3 Å². The number of allylic oxidation sites excluding steroid dienone is 1. The molecule has 0 aromatic heterocycles. The fourth-order valence-electron chi connectivity index (χ4n) is 3.68. The zero-order chi connectivity index (χ0) is 22.8. The van der Waals surface area contributed by atoms with Crippen LogP contribution in [0.5, 0.6) is 0 Å². The molecule has 3 rings (SSSR count). The van der Waals surface area contributed by atoms with Crippen molar-refractivity contribution >= 4 is 50.3 Å². The summed E-state index contributed by atoms with van der Waals surface area (Å²) in [6, 6.07) is 2.72. The van der Waals surface area contributed by atoms with Crippen LogP contribution < -0.4 is 0 Å². The second-order valence-electron chi connectivity index (χ2n) is 8.03. The van der Waals surface area contributed by atoms with Gasteiger partial charge in [-0.05, 0) is 45.2 Å². The largest absolute Gasteiger partial charge is 0.506 e. The average Bonchev–Trinajstić information content (AvgIpc) is 2.69. The zero-order valence-electron chi connectivity index (χ0n) is 17.6. The van der Waals surface area contributed by atoms with Gasteiger partial charge in [0.25, 0.3) is 0 Å². The lowest BCUT2D eigenvalue weighted by molar-refractivity contribution is -0.123. The van der Waals surface area contributed by atoms with E-state index in [0.29, 0.717) is 17.9 Å². The van der Waals surface area contributed by atoms with Crippen LogP contribution >= 0.6 is 11.6 Å². The summed E-state index contributed by atoms with van der Waals surface area (Å²) in [5, 5.41) is 10.6. The molecule has 1 saturated carbocycles. The molecule has 2 aliphatic rings. The van der Waals surface area contributed by atoms with Gasteiger partial charge >= 0.3 is 5.97 Å². The molecule has 1 aromatic rings. The molecule has 168 valence electrons. The van der Waals surface area contributed by atoms with E-state index in [4.69, 9.17) is 16.3 Å². The van der Waals surface area contributed by atoms with E-state index in [2.05, 4.69) is 4.36 Å². The van der Waals surface area contributed by atoms with Gasteiger partial charge in [0, 0.05) is 29.9 Å². The van der Waals surface area contributed by atoms with Crippen molar-refractivity contribution in [2.45, 2.75) is 58.5 Å². The van der Waals surface area contributed by atoms with E-state index in [1.165, 1.54) is 12.1 Å². The standard InChI is InChI=1S/C22H26ClNO6S/c1-13(2)30-22(28)15-10-9-14(21(27)18-16(25)7-6-8-17(18)26)19(23)20(15)24-31(29)11-4-3-5-12-31/h9-10,13,27H,3-8,11-12H2,1-2H3. The molecule has 0 bridgehead atoms. The number of esters is 1. The third kappa shape index (κ3) is 5.18. The first-order valence-corrected chi connectivity index (χ1v) is 12.6. The van der Waals surface area contributed by atoms with Crippen LogP contribution in [0.4, 0.5) is 5.69 Å². The summed E-state index contributed by atoms with van der Waals surface area (Å²) in [5.41, 5.74) is -0.313. The number of nitrogens with zero attached hydrogens (tertiary/aromatic N) is 1. The summed E-state index contributed by atoms with van der Waals surface area (Å²) in [6.45, 7) is 3.39. The second-order valence-corrected chi connectivity index (χ2v) is 11.0. The number of rotatable bonds is 4. The van der Waals surface area contributed by atoms with Gasteiger partial charge in [0.05, 0.1) is 26.4 Å². The highest BCUT2D eigenvalue weighted by Gasteiger charge is 2.30. The van der Waals surface area contributed by atoms with Crippen LogP contribution in [0.2, 0.25) is 5.02 Å². The summed E-state index contributed by atoms with van der Waals surface area (Å²) in [5.74, 6) is -1.36. The average molecular weight is 468 g/mol. The van der Waals surface area contributed by atoms with Gasteiger partial charge in [0.15, 0.2) is 11.6 Å². The number of ether oxygens (including phenoxy) is 1. The van der Waals surface area contributed by atoms with Gasteiger partial charge in [-0.25, -0.2) is 9.00 Å². The normalized spacial score (nSPS) is 18.8. The topological polar surface area (TPSA) is 110 Å². The first kappa shape index (κ1) is 23.5. The Morgan fingerprint density at radius 2 is 1.65 bits per heavy atom. The molecule has 0 spiro atoms. The molecule has 0 unspecified atom stereocenters. The summed E-state index contributed by atoms with van der Waals surface area (Å²) in [4.78, 5) is 37.2. The van der Waals surface area contributed by atoms with Crippen molar-refractivity contribution in [3.63, 3.8) is 0 Å². The number of ketones is 2. The van der Waals surface area contributed by atoms with E-state index in [9.17, 15) is 23.7 Å². The van der Waals surface area contributed by atoms with E-state index in [1.54, 1.807) is 13.8 Å². The minimum atomic E-state index is -2.64. The lowest BCUT2D eigenvalue weighted by atomic mass is 9.89. The highest BCUT2D eigenvalue weighted by atomic mass is 35.5. The molecule has 2 fully saturated rings. The molecule has 9 heteroatoms. The number of carbonyl (C=O) groups is 3. The molecule has 1 heterocycles. The minimum absolute atomic E-state index is 0.000997. The monoisotopic (exact) mass is 467 g/mol. The number of carbonyl (C=O) groups excluding carboxylic acids is 3. The Hall–Kier alpha value is -2.19. The fourth-order valence-corrected chi connectivity index (χ4v) is 6.25. The molecular formula is C22H26ClNO6S. The molecule has 0 amide bonds. The highest BCUT2D eigenvalue weighted by molar-refractivity contribution is 7.93. The molecule has 1 aromatic carbocycles. The number of halogens is 1. The Morgan fingerprint density at radius 3 is 2.23 bits per heavy atom. The molecule has 0 atom stereocenters. The Labute approximate surface area is 187 Å². The maximum atomic E-state index is 13.3. The van der Waals surface area contributed by atoms with Crippen molar-refractivity contribution in [2.24, 2.45) is 4.36 Å². The van der Waals surface area contributed by atoms with Crippen LogP contribution in [-0.2, 0) is 24.1 Å². The molecule has 1 aliphatic carbocycles. The van der Waals surface area contributed by atoms with Crippen LogP contribution in [0.25, 0.3) is 5.76 Å². The number of aliphatic hydroxyl groups excluding tert-OH is 1. The Balaban J connectivity index is 2.21. The van der Waals surface area contributed by atoms with Crippen molar-refractivity contribution in [1.82, 2.24) is 0 Å². The molecule has 31 heavy (non-hydrogen) atoms. The molecule has 1 saturated heterocycles. The summed E-state index contributed by atoms with van der Waals surface area (Å²) in [6.07, 6.45) is 2.83. The van der Waals surface area contributed by atoms with Gasteiger partial charge in [-0.1, -0.05) is 18.0 Å². The van der Waals surface area contributed by atoms with Gasteiger partial charge in [0.2, 0.25) is 0 Å². The Morgan fingerprint density at radius 1 is 1.06 bits per heavy atom. The molecule has 0 radical (unpaired) electrons. The number of Topliss-reactive ketones (excluding diaryl/α,β-unsaturated/α-hetero) is 2. The predicted octanol–water partition coefficient (Wildman–Crippen LogP) is 4.78. The van der Waals surface area contributed by atoms with Gasteiger partial charge in [-0.3, -0.25) is 9.59 Å². The number of aliphatic hydroxyl groups is 1. The van der Waals surface area contributed by atoms with Crippen molar-refractivity contribution in [1.29, 1.82) is 0 Å². The van der Waals surface area contributed by atoms with Crippen molar-refractivity contribution in [2.75, 3.05) is 11.5 Å². The van der Waals surface area contributed by atoms with Gasteiger partial charge in [0.1, 0.15) is 17.0 Å². The number of hydrogen-bond donors (Lipinski definition) is 1. The summed E-state index contributed by atoms with van der Waals surface area (Å²) in [7, 11) is -2.64. The SMILES string of the molecule is CC(C)OC(=O)c1ccc(C(O)=C2C(=O)CCCC2=O)c(Cl)c1N=S1(=O)CCCCC1. The third-order valence-corrected chi connectivity index (χ3v) is 7.97. The maximum Gasteiger partial charge on any atom is 0.340 e. The predicted molar refractivity (Wildman–Crippen MR) is 119 cm³/mol. The lowest BCUT2D eigenvalue weighted by Gasteiger charge is -2.19. The minimum Gasteiger partial charge on any atom is -0.506 e. The van der Waals surface area contributed by atoms with Crippen LogP contribution in [0, 0.1) is 0 Å². The van der Waals surface area contributed by atoms with Gasteiger partial charge in [-0.2, -0.15) is 4.36 Å². The van der Waals surface area contributed by atoms with Crippen LogP contribution in [-0.4, -0.2) is 44.5 Å². The van der Waals surface area contributed by atoms with E-state index in [-0.39, 0.29) is 40.3 Å². The Bertz CT molecular complexity index is 1050. The van der Waals surface area contributed by atoms with Gasteiger partial charge < -0.3 is 9.84 Å². The number of benzene rings is 1. The number of hydrogen-bond acceptors (Lipinski definition) is 7. The van der Waals surface area contributed by atoms with Crippen molar-refractivity contribution in [3.05, 3.63) is 33.9 Å².